The summed E-state index contributed by atoms with van der Waals surface area (Å²) in [6, 6.07) is 10.5. The molecule has 108 valence electrons. The SMILES string of the molecule is Br.CC(C(=O)c1ccc(Cl)cc1)[n+]1cccc(Br)c1.O. The van der Waals surface area contributed by atoms with Gasteiger partial charge in [-0.05, 0) is 46.3 Å². The van der Waals surface area contributed by atoms with Gasteiger partial charge in [0.25, 0.3) is 0 Å². The molecule has 1 unspecified atom stereocenters. The Morgan fingerprint density at radius 2 is 1.85 bits per heavy atom. The number of hydrogen-bond donors (Lipinski definition) is 0. The van der Waals surface area contributed by atoms with Crippen molar-refractivity contribution in [1.29, 1.82) is 0 Å². The Hall–Kier alpha value is -0.750. The third kappa shape index (κ3) is 4.66. The van der Waals surface area contributed by atoms with Crippen LogP contribution in [-0.4, -0.2) is 11.3 Å². The van der Waals surface area contributed by atoms with Crippen molar-refractivity contribution < 1.29 is 14.8 Å². The van der Waals surface area contributed by atoms with E-state index in [4.69, 9.17) is 11.6 Å². The van der Waals surface area contributed by atoms with Crippen LogP contribution in [0.4, 0.5) is 0 Å². The molecule has 6 heteroatoms. The average molecular weight is 425 g/mol. The standard InChI is InChI=1S/C14H12BrClNO.BrH.H2O/c1-10(17-8-2-3-12(15)9-17)14(18)11-4-6-13(16)7-5-11;;/h2-10H,1H3;1H;1H2/q+1;;. The lowest BCUT2D eigenvalue weighted by Gasteiger charge is -2.06. The molecule has 0 amide bonds. The van der Waals surface area contributed by atoms with E-state index < -0.39 is 0 Å². The molecule has 2 aromatic rings. The molecule has 0 spiro atoms. The zero-order valence-electron chi connectivity index (χ0n) is 10.7. The van der Waals surface area contributed by atoms with Gasteiger partial charge in [0.2, 0.25) is 11.8 Å². The van der Waals surface area contributed by atoms with E-state index in [-0.39, 0.29) is 34.3 Å². The molecule has 0 radical (unpaired) electrons. The highest BCUT2D eigenvalue weighted by molar-refractivity contribution is 9.10. The number of rotatable bonds is 3. The van der Waals surface area contributed by atoms with E-state index in [0.29, 0.717) is 10.6 Å². The minimum atomic E-state index is -0.247. The molecule has 0 bridgehead atoms. The van der Waals surface area contributed by atoms with Crippen molar-refractivity contribution in [3.63, 3.8) is 0 Å². The van der Waals surface area contributed by atoms with Crippen LogP contribution in [0.5, 0.6) is 0 Å². The van der Waals surface area contributed by atoms with Crippen LogP contribution in [-0.2, 0) is 0 Å². The summed E-state index contributed by atoms with van der Waals surface area (Å²) in [4.78, 5) is 12.3. The summed E-state index contributed by atoms with van der Waals surface area (Å²) in [5.74, 6) is 0.0646. The van der Waals surface area contributed by atoms with E-state index >= 15 is 0 Å². The van der Waals surface area contributed by atoms with Crippen molar-refractivity contribution in [3.8, 4) is 0 Å². The second-order valence-corrected chi connectivity index (χ2v) is 5.37. The van der Waals surface area contributed by atoms with Gasteiger partial charge in [0.05, 0.1) is 4.47 Å². The smallest absolute Gasteiger partial charge is 0.230 e. The lowest BCUT2D eigenvalue weighted by Crippen LogP contribution is -2.41. The highest BCUT2D eigenvalue weighted by Gasteiger charge is 2.23. The van der Waals surface area contributed by atoms with E-state index in [1.807, 2.05) is 36.0 Å². The van der Waals surface area contributed by atoms with E-state index in [2.05, 4.69) is 15.9 Å². The molecule has 1 aromatic heterocycles. The predicted molar refractivity (Wildman–Crippen MR) is 88.8 cm³/mol. The Morgan fingerprint density at radius 1 is 1.25 bits per heavy atom. The zero-order chi connectivity index (χ0) is 13.1. The third-order valence-corrected chi connectivity index (χ3v) is 3.46. The Morgan fingerprint density at radius 3 is 2.40 bits per heavy atom. The number of nitrogens with zero attached hydrogens (tertiary/aromatic N) is 1. The van der Waals surface area contributed by atoms with Gasteiger partial charge in [-0.15, -0.1) is 17.0 Å². The second kappa shape index (κ2) is 8.52. The highest BCUT2D eigenvalue weighted by atomic mass is 79.9. The number of hydrogen-bond acceptors (Lipinski definition) is 1. The van der Waals surface area contributed by atoms with Gasteiger partial charge in [0.1, 0.15) is 0 Å². The number of halogens is 3. The van der Waals surface area contributed by atoms with Gasteiger partial charge in [0.15, 0.2) is 12.4 Å². The number of ketones is 1. The van der Waals surface area contributed by atoms with Crippen LogP contribution >= 0.6 is 44.5 Å². The summed E-state index contributed by atoms with van der Waals surface area (Å²) in [7, 11) is 0. The molecular formula is C14H15Br2ClNO2+. The summed E-state index contributed by atoms with van der Waals surface area (Å²) in [5.41, 5.74) is 0.666. The maximum absolute atomic E-state index is 12.3. The van der Waals surface area contributed by atoms with E-state index in [1.165, 1.54) is 0 Å². The normalized spacial score (nSPS) is 10.9. The number of benzene rings is 1. The fourth-order valence-electron chi connectivity index (χ4n) is 1.69. The van der Waals surface area contributed by atoms with Gasteiger partial charge >= 0.3 is 0 Å². The summed E-state index contributed by atoms with van der Waals surface area (Å²) in [6.45, 7) is 1.88. The van der Waals surface area contributed by atoms with Crippen molar-refractivity contribution in [3.05, 3.63) is 63.9 Å². The van der Waals surface area contributed by atoms with Crippen molar-refractivity contribution in [2.24, 2.45) is 0 Å². The van der Waals surface area contributed by atoms with Crippen molar-refractivity contribution in [1.82, 2.24) is 0 Å². The minimum Gasteiger partial charge on any atom is -0.412 e. The Labute approximate surface area is 141 Å². The molecule has 0 fully saturated rings. The zero-order valence-corrected chi connectivity index (χ0v) is 14.8. The van der Waals surface area contributed by atoms with Gasteiger partial charge in [0, 0.05) is 23.6 Å². The van der Waals surface area contributed by atoms with E-state index in [9.17, 15) is 4.79 Å². The fraction of sp³-hybridized carbons (Fsp3) is 0.143. The second-order valence-electron chi connectivity index (χ2n) is 4.02. The Balaban J connectivity index is 0.00000180. The van der Waals surface area contributed by atoms with Crippen molar-refractivity contribution in [2.45, 2.75) is 13.0 Å². The molecule has 3 nitrogen and oxygen atoms in total. The van der Waals surface area contributed by atoms with E-state index in [0.717, 1.165) is 4.47 Å². The van der Waals surface area contributed by atoms with Gasteiger partial charge in [-0.2, -0.15) is 4.57 Å². The first-order valence-corrected chi connectivity index (χ1v) is 6.71. The van der Waals surface area contributed by atoms with Crippen LogP contribution in [0.3, 0.4) is 0 Å². The average Bonchev–Trinajstić information content (AvgIpc) is 2.38. The number of carbonyl (C=O) groups is 1. The first-order valence-electron chi connectivity index (χ1n) is 5.54. The molecule has 0 saturated heterocycles. The Kier molecular flexibility index (Phi) is 8.20. The first kappa shape index (κ1) is 19.2. The van der Waals surface area contributed by atoms with Crippen LogP contribution in [0.15, 0.2) is 53.3 Å². The Bertz CT molecular complexity index is 576. The molecular weight excluding hydrogens is 409 g/mol. The highest BCUT2D eigenvalue weighted by Crippen LogP contribution is 2.14. The summed E-state index contributed by atoms with van der Waals surface area (Å²) < 4.78 is 2.82. The topological polar surface area (TPSA) is 52.5 Å². The van der Waals surface area contributed by atoms with Crippen LogP contribution < -0.4 is 4.57 Å². The predicted octanol–water partition coefficient (Wildman–Crippen LogP) is 3.59. The molecule has 20 heavy (non-hydrogen) atoms. The maximum atomic E-state index is 12.3. The number of pyridine rings is 1. The molecule has 1 atom stereocenters. The van der Waals surface area contributed by atoms with Gasteiger partial charge in [-0.1, -0.05) is 11.6 Å². The minimum absolute atomic E-state index is 0. The number of Topliss-reactive ketones (excluding diaryl/α,β-unsaturated/α-hetero) is 1. The van der Waals surface area contributed by atoms with Crippen LogP contribution in [0, 0.1) is 0 Å². The van der Waals surface area contributed by atoms with Crippen LogP contribution in [0.2, 0.25) is 5.02 Å². The summed E-state index contributed by atoms with van der Waals surface area (Å²) in [6.07, 6.45) is 3.77. The van der Waals surface area contributed by atoms with Crippen LogP contribution in [0.1, 0.15) is 23.3 Å². The quantitative estimate of drug-likeness (QED) is 0.549. The number of aromatic nitrogens is 1. The van der Waals surface area contributed by atoms with Gasteiger partial charge in [-0.3, -0.25) is 4.79 Å². The molecule has 0 aliphatic carbocycles. The monoisotopic (exact) mass is 422 g/mol. The lowest BCUT2D eigenvalue weighted by atomic mass is 10.1. The molecule has 1 aromatic carbocycles. The lowest BCUT2D eigenvalue weighted by molar-refractivity contribution is -0.705. The first-order chi connectivity index (χ1) is 8.58. The third-order valence-electron chi connectivity index (χ3n) is 2.74. The largest absolute Gasteiger partial charge is 0.412 e. The summed E-state index contributed by atoms with van der Waals surface area (Å²) >= 11 is 9.21. The molecule has 0 aliphatic rings. The molecule has 0 aliphatic heterocycles. The van der Waals surface area contributed by atoms with Gasteiger partial charge < -0.3 is 5.48 Å². The van der Waals surface area contributed by atoms with E-state index in [1.54, 1.807) is 24.3 Å². The molecule has 2 rings (SSSR count). The van der Waals surface area contributed by atoms with Crippen molar-refractivity contribution >= 4 is 50.3 Å². The molecule has 2 N–H and O–H groups in total. The molecule has 0 saturated carbocycles. The maximum Gasteiger partial charge on any atom is 0.230 e. The fourth-order valence-corrected chi connectivity index (χ4v) is 2.21. The van der Waals surface area contributed by atoms with Gasteiger partial charge in [-0.25, -0.2) is 0 Å². The summed E-state index contributed by atoms with van der Waals surface area (Å²) in [5, 5.41) is 0.634. The molecule has 1 heterocycles. The van der Waals surface area contributed by atoms with Crippen molar-refractivity contribution in [2.75, 3.05) is 0 Å². The van der Waals surface area contributed by atoms with Crippen LogP contribution in [0.25, 0.3) is 0 Å². The number of carbonyl (C=O) groups excluding carboxylic acids is 1.